The Balaban J connectivity index is 1.63. The predicted molar refractivity (Wildman–Crippen MR) is 88.2 cm³/mol. The van der Waals surface area contributed by atoms with Crippen LogP contribution in [0.2, 0.25) is 0 Å². The van der Waals surface area contributed by atoms with Gasteiger partial charge in [-0.2, -0.15) is 0 Å². The lowest BCUT2D eigenvalue weighted by Crippen LogP contribution is -2.31. The molecule has 2 aromatic heterocycles. The molecule has 2 aliphatic rings. The van der Waals surface area contributed by atoms with Crippen LogP contribution in [0.3, 0.4) is 0 Å². The molecular weight excluding hydrogens is 292 g/mol. The first-order valence-electron chi connectivity index (χ1n) is 8.16. The number of likely N-dealkylation sites (tertiary alicyclic amines) is 1. The maximum absolute atomic E-state index is 13.1. The van der Waals surface area contributed by atoms with Gasteiger partial charge < -0.3 is 4.90 Å². The van der Waals surface area contributed by atoms with Gasteiger partial charge in [-0.1, -0.05) is 6.07 Å². The monoisotopic (exact) mass is 312 g/mol. The van der Waals surface area contributed by atoms with Crippen molar-refractivity contribution in [3.63, 3.8) is 0 Å². The first-order chi connectivity index (χ1) is 10.8. The number of aryl methyl sites for hydroxylation is 1. The van der Waals surface area contributed by atoms with Crippen LogP contribution in [0.15, 0.2) is 29.8 Å². The van der Waals surface area contributed by atoms with Crippen molar-refractivity contribution in [3.8, 4) is 0 Å². The molecule has 1 atom stereocenters. The first kappa shape index (κ1) is 13.9. The van der Waals surface area contributed by atoms with Crippen molar-refractivity contribution in [1.82, 2.24) is 9.88 Å². The van der Waals surface area contributed by atoms with Gasteiger partial charge in [0.2, 0.25) is 0 Å². The number of hydrogen-bond acceptors (Lipinski definition) is 3. The summed E-state index contributed by atoms with van der Waals surface area (Å²) in [6.07, 6.45) is 8.62. The van der Waals surface area contributed by atoms with Gasteiger partial charge >= 0.3 is 0 Å². The average Bonchev–Trinajstić information content (AvgIpc) is 3.22. The van der Waals surface area contributed by atoms with E-state index in [1.54, 1.807) is 11.3 Å². The lowest BCUT2D eigenvalue weighted by Gasteiger charge is -2.25. The van der Waals surface area contributed by atoms with Crippen LogP contribution in [0.1, 0.15) is 58.2 Å². The molecule has 1 aliphatic heterocycles. The minimum Gasteiger partial charge on any atom is -0.330 e. The molecule has 1 amide bonds. The molecule has 1 aliphatic carbocycles. The zero-order chi connectivity index (χ0) is 14.9. The van der Waals surface area contributed by atoms with Crippen molar-refractivity contribution < 1.29 is 4.79 Å². The molecule has 3 heterocycles. The molecule has 4 heteroatoms. The van der Waals surface area contributed by atoms with E-state index in [1.165, 1.54) is 23.3 Å². The SMILES string of the molecule is O=C(c1csc2c1CCCC2)N1CCC[C@@H]1c1ccccn1. The highest BCUT2D eigenvalue weighted by Crippen LogP contribution is 2.36. The average molecular weight is 312 g/mol. The van der Waals surface area contributed by atoms with Crippen molar-refractivity contribution in [2.45, 2.75) is 44.6 Å². The molecule has 0 N–H and O–H groups in total. The molecule has 4 rings (SSSR count). The second-order valence-electron chi connectivity index (χ2n) is 6.17. The molecule has 0 bridgehead atoms. The number of carbonyl (C=O) groups is 1. The Morgan fingerprint density at radius 1 is 1.23 bits per heavy atom. The number of pyridine rings is 1. The molecule has 2 aromatic rings. The van der Waals surface area contributed by atoms with Gasteiger partial charge in [0.25, 0.3) is 5.91 Å². The number of thiophene rings is 1. The van der Waals surface area contributed by atoms with Crippen molar-refractivity contribution in [3.05, 3.63) is 51.5 Å². The lowest BCUT2D eigenvalue weighted by molar-refractivity contribution is 0.0732. The first-order valence-corrected chi connectivity index (χ1v) is 9.03. The number of fused-ring (bicyclic) bond motifs is 1. The summed E-state index contributed by atoms with van der Waals surface area (Å²) >= 11 is 1.77. The van der Waals surface area contributed by atoms with E-state index in [9.17, 15) is 4.79 Å². The van der Waals surface area contributed by atoms with Crippen LogP contribution in [0.4, 0.5) is 0 Å². The zero-order valence-electron chi connectivity index (χ0n) is 12.6. The molecule has 114 valence electrons. The Bertz CT molecular complexity index is 680. The fourth-order valence-corrected chi connectivity index (χ4v) is 4.84. The van der Waals surface area contributed by atoms with E-state index in [-0.39, 0.29) is 11.9 Å². The molecule has 0 saturated carbocycles. The van der Waals surface area contributed by atoms with E-state index in [0.29, 0.717) is 0 Å². The number of nitrogens with zero attached hydrogens (tertiary/aromatic N) is 2. The summed E-state index contributed by atoms with van der Waals surface area (Å²) in [6.45, 7) is 0.852. The highest BCUT2D eigenvalue weighted by Gasteiger charge is 2.33. The van der Waals surface area contributed by atoms with Crippen LogP contribution in [0.5, 0.6) is 0 Å². The summed E-state index contributed by atoms with van der Waals surface area (Å²) < 4.78 is 0. The summed E-state index contributed by atoms with van der Waals surface area (Å²) in [6, 6.07) is 6.13. The van der Waals surface area contributed by atoms with Crippen molar-refractivity contribution >= 4 is 17.2 Å². The third-order valence-corrected chi connectivity index (χ3v) is 5.92. The van der Waals surface area contributed by atoms with Gasteiger partial charge in [0.1, 0.15) is 0 Å². The fraction of sp³-hybridized carbons (Fsp3) is 0.444. The predicted octanol–water partition coefficient (Wildman–Crippen LogP) is 4.00. The van der Waals surface area contributed by atoms with E-state index in [0.717, 1.165) is 43.5 Å². The van der Waals surface area contributed by atoms with E-state index in [1.807, 2.05) is 29.3 Å². The summed E-state index contributed by atoms with van der Waals surface area (Å²) in [5.74, 6) is 0.215. The van der Waals surface area contributed by atoms with Crippen molar-refractivity contribution in [1.29, 1.82) is 0 Å². The summed E-state index contributed by atoms with van der Waals surface area (Å²) in [5, 5.41) is 2.09. The second kappa shape index (κ2) is 5.84. The number of hydrogen-bond donors (Lipinski definition) is 0. The van der Waals surface area contributed by atoms with E-state index < -0.39 is 0 Å². The Kier molecular flexibility index (Phi) is 3.70. The number of carbonyl (C=O) groups excluding carboxylic acids is 1. The molecule has 0 unspecified atom stereocenters. The normalized spacial score (nSPS) is 20.9. The summed E-state index contributed by atoms with van der Waals surface area (Å²) in [4.78, 5) is 21.0. The topological polar surface area (TPSA) is 33.2 Å². The minimum atomic E-state index is 0.146. The van der Waals surface area contributed by atoms with E-state index >= 15 is 0 Å². The van der Waals surface area contributed by atoms with Gasteiger partial charge in [-0.05, 0) is 56.2 Å². The van der Waals surface area contributed by atoms with Gasteiger partial charge in [-0.25, -0.2) is 0 Å². The summed E-state index contributed by atoms with van der Waals surface area (Å²) in [5.41, 5.74) is 3.31. The Hall–Kier alpha value is -1.68. The maximum atomic E-state index is 13.1. The van der Waals surface area contributed by atoms with Crippen LogP contribution in [-0.2, 0) is 12.8 Å². The van der Waals surface area contributed by atoms with Crippen LogP contribution < -0.4 is 0 Å². The number of aromatic nitrogens is 1. The maximum Gasteiger partial charge on any atom is 0.255 e. The van der Waals surface area contributed by atoms with Crippen molar-refractivity contribution in [2.75, 3.05) is 6.54 Å². The smallest absolute Gasteiger partial charge is 0.255 e. The molecule has 3 nitrogen and oxygen atoms in total. The second-order valence-corrected chi connectivity index (χ2v) is 7.13. The van der Waals surface area contributed by atoms with Gasteiger partial charge in [0.05, 0.1) is 17.3 Å². The lowest BCUT2D eigenvalue weighted by atomic mass is 9.95. The number of amides is 1. The van der Waals surface area contributed by atoms with Gasteiger partial charge in [-0.3, -0.25) is 9.78 Å². The Labute approximate surface area is 135 Å². The van der Waals surface area contributed by atoms with Gasteiger partial charge in [0, 0.05) is 23.0 Å². The third kappa shape index (κ3) is 2.35. The Morgan fingerprint density at radius 3 is 3.00 bits per heavy atom. The zero-order valence-corrected chi connectivity index (χ0v) is 13.4. The molecule has 0 aromatic carbocycles. The third-order valence-electron chi connectivity index (χ3n) is 4.83. The number of rotatable bonds is 2. The Morgan fingerprint density at radius 2 is 2.14 bits per heavy atom. The largest absolute Gasteiger partial charge is 0.330 e. The molecule has 0 spiro atoms. The van der Waals surface area contributed by atoms with E-state index in [4.69, 9.17) is 0 Å². The standard InChI is InChI=1S/C18H20N2OS/c21-18(14-12-22-17-9-2-1-6-13(14)17)20-11-5-8-16(20)15-7-3-4-10-19-15/h3-4,7,10,12,16H,1-2,5-6,8-9,11H2/t16-/m1/s1. The molecule has 1 saturated heterocycles. The fourth-order valence-electron chi connectivity index (χ4n) is 3.72. The van der Waals surface area contributed by atoms with Crippen LogP contribution >= 0.6 is 11.3 Å². The summed E-state index contributed by atoms with van der Waals surface area (Å²) in [7, 11) is 0. The van der Waals surface area contributed by atoms with Crippen LogP contribution in [-0.4, -0.2) is 22.3 Å². The van der Waals surface area contributed by atoms with Gasteiger partial charge in [0.15, 0.2) is 0 Å². The highest BCUT2D eigenvalue weighted by atomic mass is 32.1. The van der Waals surface area contributed by atoms with E-state index in [2.05, 4.69) is 10.4 Å². The molecule has 1 fully saturated rings. The van der Waals surface area contributed by atoms with Crippen LogP contribution in [0.25, 0.3) is 0 Å². The van der Waals surface area contributed by atoms with Gasteiger partial charge in [-0.15, -0.1) is 11.3 Å². The van der Waals surface area contributed by atoms with Crippen LogP contribution in [0, 0.1) is 0 Å². The van der Waals surface area contributed by atoms with Crippen molar-refractivity contribution in [2.24, 2.45) is 0 Å². The quantitative estimate of drug-likeness (QED) is 0.840. The highest BCUT2D eigenvalue weighted by molar-refractivity contribution is 7.10. The molecule has 22 heavy (non-hydrogen) atoms. The minimum absolute atomic E-state index is 0.146. The molecule has 0 radical (unpaired) electrons. The molecular formula is C18H20N2OS.